The van der Waals surface area contributed by atoms with Crippen molar-refractivity contribution in [3.63, 3.8) is 0 Å². The maximum absolute atomic E-state index is 9.25. The van der Waals surface area contributed by atoms with Gasteiger partial charge in [0.1, 0.15) is 0 Å². The number of rotatable bonds is 20. The number of hydrogen-bond acceptors (Lipinski definition) is 7. The van der Waals surface area contributed by atoms with E-state index in [2.05, 4.69) is 6.58 Å². The van der Waals surface area contributed by atoms with Gasteiger partial charge in [-0.05, 0) is 11.1 Å². The summed E-state index contributed by atoms with van der Waals surface area (Å²) in [5.41, 5.74) is 1.89. The molecule has 0 heterocycles. The largest absolute Gasteiger partial charge is 0.392 e. The Morgan fingerprint density at radius 2 is 1.07 bits per heavy atom. The molecule has 28 heavy (non-hydrogen) atoms. The normalized spacial score (nSPS) is 11.0. The van der Waals surface area contributed by atoms with Crippen LogP contribution in [-0.4, -0.2) is 77.8 Å². The van der Waals surface area contributed by atoms with Crippen molar-refractivity contribution in [1.29, 1.82) is 0 Å². The van der Waals surface area contributed by atoms with Gasteiger partial charge in [0.25, 0.3) is 0 Å². The summed E-state index contributed by atoms with van der Waals surface area (Å²) in [5.74, 6) is 0. The van der Waals surface area contributed by atoms with Crippen molar-refractivity contribution in [2.75, 3.05) is 72.7 Å². The Hall–Kier alpha value is -1.32. The SMILES string of the molecule is C=CCOCCOCCOCCOCCOCCOCc1ccccc1CO. The molecule has 160 valence electrons. The van der Waals surface area contributed by atoms with Crippen LogP contribution >= 0.6 is 0 Å². The predicted molar refractivity (Wildman–Crippen MR) is 106 cm³/mol. The quantitative estimate of drug-likeness (QED) is 0.266. The van der Waals surface area contributed by atoms with Crippen LogP contribution in [-0.2, 0) is 41.6 Å². The highest BCUT2D eigenvalue weighted by atomic mass is 16.6. The average Bonchev–Trinajstić information content (AvgIpc) is 2.73. The number of aliphatic hydroxyl groups is 1. The van der Waals surface area contributed by atoms with Crippen LogP contribution in [0.25, 0.3) is 0 Å². The fourth-order valence-electron chi connectivity index (χ4n) is 2.20. The van der Waals surface area contributed by atoms with Gasteiger partial charge < -0.3 is 33.5 Å². The van der Waals surface area contributed by atoms with E-state index in [9.17, 15) is 5.11 Å². The van der Waals surface area contributed by atoms with Crippen molar-refractivity contribution in [1.82, 2.24) is 0 Å². The molecule has 0 atom stereocenters. The molecular weight excluding hydrogens is 364 g/mol. The second kappa shape index (κ2) is 19.0. The average molecular weight is 398 g/mol. The summed E-state index contributed by atoms with van der Waals surface area (Å²) in [6.07, 6.45) is 1.71. The predicted octanol–water partition coefficient (Wildman–Crippen LogP) is 1.96. The third-order valence-electron chi connectivity index (χ3n) is 3.64. The Morgan fingerprint density at radius 3 is 1.54 bits per heavy atom. The lowest BCUT2D eigenvalue weighted by atomic mass is 10.1. The van der Waals surface area contributed by atoms with Gasteiger partial charge in [0.2, 0.25) is 0 Å². The van der Waals surface area contributed by atoms with Crippen molar-refractivity contribution in [2.45, 2.75) is 13.2 Å². The first kappa shape index (κ1) is 24.7. The molecular formula is C21H34O7. The minimum absolute atomic E-state index is 0.0230. The van der Waals surface area contributed by atoms with E-state index in [4.69, 9.17) is 28.4 Å². The van der Waals surface area contributed by atoms with Gasteiger partial charge in [-0.1, -0.05) is 30.3 Å². The molecule has 0 unspecified atom stereocenters. The molecule has 0 saturated heterocycles. The van der Waals surface area contributed by atoms with Crippen LogP contribution in [0.4, 0.5) is 0 Å². The van der Waals surface area contributed by atoms with Gasteiger partial charge >= 0.3 is 0 Å². The van der Waals surface area contributed by atoms with E-state index in [0.717, 1.165) is 11.1 Å². The van der Waals surface area contributed by atoms with Gasteiger partial charge in [-0.2, -0.15) is 0 Å². The molecule has 0 spiro atoms. The van der Waals surface area contributed by atoms with E-state index in [1.807, 2.05) is 24.3 Å². The first-order valence-electron chi connectivity index (χ1n) is 9.63. The Kier molecular flexibility index (Phi) is 16.8. The molecule has 7 heteroatoms. The van der Waals surface area contributed by atoms with E-state index in [0.29, 0.717) is 79.3 Å². The number of aliphatic hydroxyl groups excluding tert-OH is 1. The summed E-state index contributed by atoms with van der Waals surface area (Å²) in [6, 6.07) is 7.68. The third-order valence-corrected chi connectivity index (χ3v) is 3.64. The fraction of sp³-hybridized carbons (Fsp3) is 0.619. The van der Waals surface area contributed by atoms with E-state index < -0.39 is 0 Å². The van der Waals surface area contributed by atoms with Crippen molar-refractivity contribution >= 4 is 0 Å². The molecule has 1 aromatic rings. The number of hydrogen-bond donors (Lipinski definition) is 1. The van der Waals surface area contributed by atoms with Crippen molar-refractivity contribution in [3.8, 4) is 0 Å². The highest BCUT2D eigenvalue weighted by molar-refractivity contribution is 5.25. The fourth-order valence-corrected chi connectivity index (χ4v) is 2.20. The topological polar surface area (TPSA) is 75.6 Å². The summed E-state index contributed by atoms with van der Waals surface area (Å²) < 4.78 is 32.4. The van der Waals surface area contributed by atoms with Gasteiger partial charge in [0.15, 0.2) is 0 Å². The van der Waals surface area contributed by atoms with Crippen LogP contribution < -0.4 is 0 Å². The minimum atomic E-state index is 0.0230. The lowest BCUT2D eigenvalue weighted by Gasteiger charge is -2.09. The van der Waals surface area contributed by atoms with Crippen molar-refractivity contribution in [3.05, 3.63) is 48.0 Å². The van der Waals surface area contributed by atoms with Crippen LogP contribution in [0.15, 0.2) is 36.9 Å². The molecule has 0 radical (unpaired) electrons. The second-order valence-corrected chi connectivity index (χ2v) is 5.79. The molecule has 0 aliphatic rings. The van der Waals surface area contributed by atoms with Crippen LogP contribution in [0.1, 0.15) is 11.1 Å². The van der Waals surface area contributed by atoms with Gasteiger partial charge in [0, 0.05) is 0 Å². The van der Waals surface area contributed by atoms with E-state index in [1.165, 1.54) is 0 Å². The summed E-state index contributed by atoms with van der Waals surface area (Å²) in [4.78, 5) is 0. The van der Waals surface area contributed by atoms with Crippen LogP contribution in [0.3, 0.4) is 0 Å². The monoisotopic (exact) mass is 398 g/mol. The maximum Gasteiger partial charge on any atom is 0.0721 e. The standard InChI is InChI=1S/C21H34O7/c1-2-7-23-8-9-24-10-11-25-12-13-26-14-15-27-16-17-28-19-21-6-4-3-5-20(21)18-22/h2-6,22H,1,7-19H2. The zero-order valence-corrected chi connectivity index (χ0v) is 16.7. The lowest BCUT2D eigenvalue weighted by molar-refractivity contribution is -0.0167. The highest BCUT2D eigenvalue weighted by Gasteiger charge is 2.00. The molecule has 1 rings (SSSR count). The smallest absolute Gasteiger partial charge is 0.0721 e. The van der Waals surface area contributed by atoms with E-state index >= 15 is 0 Å². The first-order valence-corrected chi connectivity index (χ1v) is 9.63. The van der Waals surface area contributed by atoms with Gasteiger partial charge in [-0.15, -0.1) is 6.58 Å². The van der Waals surface area contributed by atoms with Crippen molar-refractivity contribution < 1.29 is 33.5 Å². The van der Waals surface area contributed by atoms with Gasteiger partial charge in [0.05, 0.1) is 85.9 Å². The molecule has 0 aliphatic heterocycles. The molecule has 0 aromatic heterocycles. The number of ether oxygens (including phenoxy) is 6. The summed E-state index contributed by atoms with van der Waals surface area (Å²) in [7, 11) is 0. The molecule has 1 N–H and O–H groups in total. The maximum atomic E-state index is 9.25. The van der Waals surface area contributed by atoms with E-state index in [-0.39, 0.29) is 6.61 Å². The summed E-state index contributed by atoms with van der Waals surface area (Å²) in [5, 5.41) is 9.25. The van der Waals surface area contributed by atoms with Crippen LogP contribution in [0.2, 0.25) is 0 Å². The van der Waals surface area contributed by atoms with Gasteiger partial charge in [-0.25, -0.2) is 0 Å². The number of benzene rings is 1. The highest BCUT2D eigenvalue weighted by Crippen LogP contribution is 2.09. The van der Waals surface area contributed by atoms with Crippen LogP contribution in [0, 0.1) is 0 Å². The summed E-state index contributed by atoms with van der Waals surface area (Å²) >= 11 is 0. The molecule has 1 aromatic carbocycles. The molecule has 7 nitrogen and oxygen atoms in total. The Balaban J connectivity index is 1.77. The third kappa shape index (κ3) is 13.8. The molecule has 0 amide bonds. The Labute approximate surface area is 168 Å². The zero-order valence-electron chi connectivity index (χ0n) is 16.7. The minimum Gasteiger partial charge on any atom is -0.392 e. The Bertz CT molecular complexity index is 482. The molecule has 0 aliphatic carbocycles. The molecule has 0 fully saturated rings. The van der Waals surface area contributed by atoms with Gasteiger partial charge in [-0.3, -0.25) is 0 Å². The lowest BCUT2D eigenvalue weighted by Crippen LogP contribution is -2.14. The summed E-state index contributed by atoms with van der Waals surface area (Å²) in [6.45, 7) is 9.93. The molecule has 0 bridgehead atoms. The van der Waals surface area contributed by atoms with E-state index in [1.54, 1.807) is 6.08 Å². The van der Waals surface area contributed by atoms with Crippen molar-refractivity contribution in [2.24, 2.45) is 0 Å². The zero-order chi connectivity index (χ0) is 20.1. The Morgan fingerprint density at radius 1 is 0.643 bits per heavy atom. The second-order valence-electron chi connectivity index (χ2n) is 5.79. The first-order chi connectivity index (χ1) is 13.9. The van der Waals surface area contributed by atoms with Crippen LogP contribution in [0.5, 0.6) is 0 Å². The molecule has 0 saturated carbocycles.